The van der Waals surface area contributed by atoms with Gasteiger partial charge in [-0.1, -0.05) is 70.2 Å². The Bertz CT molecular complexity index is 867. The van der Waals surface area contributed by atoms with Crippen molar-refractivity contribution in [1.82, 2.24) is 14.9 Å². The Labute approximate surface area is 158 Å². The number of Topliss-reactive ketones (excluding diaryl/α,β-unsaturated/α-hetero) is 1. The highest BCUT2D eigenvalue weighted by Gasteiger charge is 2.14. The Morgan fingerprint density at radius 1 is 1.08 bits per heavy atom. The molecule has 0 aliphatic heterocycles. The van der Waals surface area contributed by atoms with E-state index >= 15 is 0 Å². The fourth-order valence-corrected chi connectivity index (χ4v) is 3.62. The summed E-state index contributed by atoms with van der Waals surface area (Å²) in [6, 6.07) is 17.1. The second-order valence-electron chi connectivity index (χ2n) is 5.40. The smallest absolute Gasteiger partial charge is 0.210 e. The maximum Gasteiger partial charge on any atom is 0.210 e. The topological polar surface area (TPSA) is 73.8 Å². The molecule has 5 nitrogen and oxygen atoms in total. The average Bonchev–Trinajstić information content (AvgIpc) is 3.00. The van der Waals surface area contributed by atoms with E-state index < -0.39 is 0 Å². The van der Waals surface area contributed by atoms with E-state index in [2.05, 4.69) is 26.1 Å². The molecule has 0 unspecified atom stereocenters. The maximum atomic E-state index is 12.1. The highest BCUT2D eigenvalue weighted by molar-refractivity contribution is 9.10. The number of nitrogens with two attached hydrogens (primary N) is 1. The molecule has 7 heteroatoms. The summed E-state index contributed by atoms with van der Waals surface area (Å²) in [5, 5.41) is 8.97. The number of nitrogen functional groups attached to an aromatic ring is 1. The molecule has 2 aromatic carbocycles. The number of hydrogen-bond acceptors (Lipinski definition) is 5. The third-order valence-electron chi connectivity index (χ3n) is 3.65. The van der Waals surface area contributed by atoms with Crippen LogP contribution in [0.5, 0.6) is 0 Å². The van der Waals surface area contributed by atoms with E-state index in [0.717, 1.165) is 27.8 Å². The molecule has 0 saturated heterocycles. The standard InChI is InChI=1S/C18H17BrN4OS/c19-15-10-5-4-9-14(15)17-21-22-18(23(17)20)25-12-6-11-16(24)13-7-2-1-3-8-13/h1-5,7-10H,6,11-12,20H2. The number of hydrogen-bond donors (Lipinski definition) is 1. The van der Waals surface area contributed by atoms with Crippen LogP contribution in [-0.2, 0) is 0 Å². The molecule has 0 atom stereocenters. The molecule has 1 heterocycles. The summed E-state index contributed by atoms with van der Waals surface area (Å²) in [6.07, 6.45) is 1.27. The largest absolute Gasteiger partial charge is 0.335 e. The summed E-state index contributed by atoms with van der Waals surface area (Å²) in [6.45, 7) is 0. The van der Waals surface area contributed by atoms with Crippen LogP contribution in [0.2, 0.25) is 0 Å². The minimum absolute atomic E-state index is 0.157. The Hall–Kier alpha value is -2.12. The molecule has 3 aromatic rings. The van der Waals surface area contributed by atoms with Crippen LogP contribution >= 0.6 is 27.7 Å². The van der Waals surface area contributed by atoms with Gasteiger partial charge in [0.05, 0.1) is 0 Å². The van der Waals surface area contributed by atoms with Gasteiger partial charge in [-0.15, -0.1) is 10.2 Å². The van der Waals surface area contributed by atoms with Crippen molar-refractivity contribution in [3.8, 4) is 11.4 Å². The molecule has 128 valence electrons. The third kappa shape index (κ3) is 4.29. The quantitative estimate of drug-likeness (QED) is 0.270. The Balaban J connectivity index is 1.56. The normalized spacial score (nSPS) is 10.8. The highest BCUT2D eigenvalue weighted by Crippen LogP contribution is 2.28. The molecule has 0 aliphatic carbocycles. The van der Waals surface area contributed by atoms with Gasteiger partial charge in [-0.25, -0.2) is 4.68 Å². The fraction of sp³-hybridized carbons (Fsp3) is 0.167. The molecule has 0 amide bonds. The minimum atomic E-state index is 0.157. The van der Waals surface area contributed by atoms with Gasteiger partial charge < -0.3 is 5.84 Å². The fourth-order valence-electron chi connectivity index (χ4n) is 2.37. The van der Waals surface area contributed by atoms with Crippen LogP contribution < -0.4 is 5.84 Å². The predicted octanol–water partition coefficient (Wildman–Crippen LogP) is 4.18. The first kappa shape index (κ1) is 17.7. The number of rotatable bonds is 7. The Morgan fingerprint density at radius 2 is 1.80 bits per heavy atom. The molecular weight excluding hydrogens is 400 g/mol. The zero-order chi connectivity index (χ0) is 17.6. The lowest BCUT2D eigenvalue weighted by Gasteiger charge is -2.05. The Morgan fingerprint density at radius 3 is 2.56 bits per heavy atom. The molecule has 0 fully saturated rings. The zero-order valence-corrected chi connectivity index (χ0v) is 15.8. The Kier molecular flexibility index (Phi) is 5.88. The van der Waals surface area contributed by atoms with E-state index in [4.69, 9.17) is 5.84 Å². The van der Waals surface area contributed by atoms with Crippen LogP contribution in [0.1, 0.15) is 23.2 Å². The van der Waals surface area contributed by atoms with Crippen molar-refractivity contribution in [2.45, 2.75) is 18.0 Å². The van der Waals surface area contributed by atoms with Gasteiger partial charge in [0.2, 0.25) is 5.16 Å². The van der Waals surface area contributed by atoms with Crippen LogP contribution in [0.3, 0.4) is 0 Å². The number of ketones is 1. The van der Waals surface area contributed by atoms with Gasteiger partial charge in [0.15, 0.2) is 11.6 Å². The van der Waals surface area contributed by atoms with Crippen molar-refractivity contribution in [2.75, 3.05) is 11.6 Å². The van der Waals surface area contributed by atoms with Gasteiger partial charge in [0, 0.05) is 27.8 Å². The molecule has 2 N–H and O–H groups in total. The predicted molar refractivity (Wildman–Crippen MR) is 104 cm³/mol. The van der Waals surface area contributed by atoms with Crippen LogP contribution in [0.4, 0.5) is 0 Å². The van der Waals surface area contributed by atoms with E-state index in [1.54, 1.807) is 0 Å². The summed E-state index contributed by atoms with van der Waals surface area (Å²) in [5.41, 5.74) is 1.65. The summed E-state index contributed by atoms with van der Waals surface area (Å²) in [5.74, 6) is 7.64. The molecule has 3 rings (SSSR count). The molecule has 0 saturated carbocycles. The highest BCUT2D eigenvalue weighted by atomic mass is 79.9. The molecule has 25 heavy (non-hydrogen) atoms. The van der Waals surface area contributed by atoms with Gasteiger partial charge >= 0.3 is 0 Å². The molecular formula is C18H17BrN4OS. The summed E-state index contributed by atoms with van der Waals surface area (Å²) >= 11 is 5.00. The van der Waals surface area contributed by atoms with E-state index in [0.29, 0.717) is 17.4 Å². The molecule has 0 bridgehead atoms. The number of aromatic nitrogens is 3. The first-order valence-electron chi connectivity index (χ1n) is 7.83. The van der Waals surface area contributed by atoms with E-state index in [9.17, 15) is 4.79 Å². The zero-order valence-electron chi connectivity index (χ0n) is 13.4. The summed E-state index contributed by atoms with van der Waals surface area (Å²) < 4.78 is 2.41. The average molecular weight is 417 g/mol. The first-order chi connectivity index (χ1) is 12.2. The second kappa shape index (κ2) is 8.31. The van der Waals surface area contributed by atoms with Crippen LogP contribution in [0, 0.1) is 0 Å². The number of halogens is 1. The van der Waals surface area contributed by atoms with Crippen molar-refractivity contribution in [3.63, 3.8) is 0 Å². The van der Waals surface area contributed by atoms with Gasteiger partial charge in [0.1, 0.15) is 0 Å². The molecule has 0 spiro atoms. The monoisotopic (exact) mass is 416 g/mol. The van der Waals surface area contributed by atoms with Crippen molar-refractivity contribution < 1.29 is 4.79 Å². The maximum absolute atomic E-state index is 12.1. The van der Waals surface area contributed by atoms with Crippen LogP contribution in [0.15, 0.2) is 64.2 Å². The number of benzene rings is 2. The molecule has 0 radical (unpaired) electrons. The van der Waals surface area contributed by atoms with Crippen molar-refractivity contribution in [2.24, 2.45) is 0 Å². The first-order valence-corrected chi connectivity index (χ1v) is 9.61. The van der Waals surface area contributed by atoms with Gasteiger partial charge in [-0.05, 0) is 18.6 Å². The van der Waals surface area contributed by atoms with Gasteiger partial charge in [0.25, 0.3) is 0 Å². The lowest BCUT2D eigenvalue weighted by Crippen LogP contribution is -2.12. The second-order valence-corrected chi connectivity index (χ2v) is 7.31. The minimum Gasteiger partial charge on any atom is -0.335 e. The number of carbonyl (C=O) groups excluding carboxylic acids is 1. The summed E-state index contributed by atoms with van der Waals surface area (Å²) in [4.78, 5) is 12.1. The van der Waals surface area contributed by atoms with Crippen molar-refractivity contribution in [1.29, 1.82) is 0 Å². The van der Waals surface area contributed by atoms with Crippen LogP contribution in [0.25, 0.3) is 11.4 Å². The molecule has 0 aliphatic rings. The van der Waals surface area contributed by atoms with Crippen molar-refractivity contribution in [3.05, 3.63) is 64.6 Å². The molecule has 1 aromatic heterocycles. The van der Waals surface area contributed by atoms with Gasteiger partial charge in [-0.3, -0.25) is 4.79 Å². The number of thioether (sulfide) groups is 1. The van der Waals surface area contributed by atoms with E-state index in [-0.39, 0.29) is 5.78 Å². The lowest BCUT2D eigenvalue weighted by molar-refractivity contribution is 0.0982. The van der Waals surface area contributed by atoms with E-state index in [1.807, 2.05) is 54.6 Å². The van der Waals surface area contributed by atoms with Gasteiger partial charge in [-0.2, -0.15) is 0 Å². The van der Waals surface area contributed by atoms with E-state index in [1.165, 1.54) is 16.4 Å². The lowest BCUT2D eigenvalue weighted by atomic mass is 10.1. The third-order valence-corrected chi connectivity index (χ3v) is 5.38. The number of nitrogens with zero attached hydrogens (tertiary/aromatic N) is 3. The SMILES string of the molecule is Nn1c(SCCCC(=O)c2ccccc2)nnc1-c1ccccc1Br. The number of carbonyl (C=O) groups is 1. The van der Waals surface area contributed by atoms with Crippen LogP contribution in [-0.4, -0.2) is 26.4 Å². The summed E-state index contributed by atoms with van der Waals surface area (Å²) in [7, 11) is 0. The van der Waals surface area contributed by atoms with Crippen molar-refractivity contribution >= 4 is 33.5 Å².